The van der Waals surface area contributed by atoms with Crippen molar-refractivity contribution in [2.75, 3.05) is 37.6 Å². The number of aromatic amines is 1. The van der Waals surface area contributed by atoms with Gasteiger partial charge < -0.3 is 15.1 Å². The summed E-state index contributed by atoms with van der Waals surface area (Å²) in [4.78, 5) is 20.6. The molecular weight excluding hydrogens is 324 g/mol. The molecule has 2 amide bonds. The summed E-state index contributed by atoms with van der Waals surface area (Å²) in [6, 6.07) is 2.19. The summed E-state index contributed by atoms with van der Waals surface area (Å²) in [5, 5.41) is 13.6. The molecule has 1 saturated carbocycles. The van der Waals surface area contributed by atoms with Gasteiger partial charge in [0.1, 0.15) is 0 Å². The number of thiazole rings is 1. The standard InChI is InChI=1S/C16H22N6OS/c23-16(18-4-3-15-17-5-10-24-15)22-8-6-21(7-9-22)14-11-13(19-20-14)12-1-2-12/h5,10-12H,1-4,6-9H2,(H,18,23)(H,19,20). The van der Waals surface area contributed by atoms with Crippen LogP contribution in [0.2, 0.25) is 0 Å². The van der Waals surface area contributed by atoms with Crippen LogP contribution in [-0.4, -0.2) is 58.8 Å². The highest BCUT2D eigenvalue weighted by Crippen LogP contribution is 2.39. The fourth-order valence-corrected chi connectivity index (χ4v) is 3.61. The van der Waals surface area contributed by atoms with Gasteiger partial charge in [0, 0.05) is 68.4 Å². The molecule has 0 aromatic carbocycles. The van der Waals surface area contributed by atoms with Gasteiger partial charge in [0.15, 0.2) is 5.82 Å². The minimum atomic E-state index is 0.0203. The van der Waals surface area contributed by atoms with E-state index in [1.807, 2.05) is 10.3 Å². The van der Waals surface area contributed by atoms with Gasteiger partial charge in [-0.2, -0.15) is 5.10 Å². The third-order valence-corrected chi connectivity index (χ3v) is 5.43. The van der Waals surface area contributed by atoms with Gasteiger partial charge in [0.05, 0.1) is 5.01 Å². The second-order valence-electron chi connectivity index (χ2n) is 6.34. The number of hydrogen-bond acceptors (Lipinski definition) is 5. The summed E-state index contributed by atoms with van der Waals surface area (Å²) >= 11 is 1.62. The Hall–Kier alpha value is -2.09. The van der Waals surface area contributed by atoms with Gasteiger partial charge in [-0.25, -0.2) is 9.78 Å². The maximum Gasteiger partial charge on any atom is 0.317 e. The molecule has 0 unspecified atom stereocenters. The van der Waals surface area contributed by atoms with Crippen molar-refractivity contribution in [2.45, 2.75) is 25.2 Å². The number of nitrogens with one attached hydrogen (secondary N) is 2. The van der Waals surface area contributed by atoms with Crippen molar-refractivity contribution < 1.29 is 4.79 Å². The van der Waals surface area contributed by atoms with Crippen molar-refractivity contribution in [2.24, 2.45) is 0 Å². The zero-order valence-electron chi connectivity index (χ0n) is 13.6. The van der Waals surface area contributed by atoms with Crippen LogP contribution in [0.5, 0.6) is 0 Å². The monoisotopic (exact) mass is 346 g/mol. The highest BCUT2D eigenvalue weighted by molar-refractivity contribution is 7.09. The summed E-state index contributed by atoms with van der Waals surface area (Å²) in [6.45, 7) is 3.75. The van der Waals surface area contributed by atoms with Crippen molar-refractivity contribution >= 4 is 23.2 Å². The normalized spacial score (nSPS) is 18.0. The number of carbonyl (C=O) groups is 1. The molecule has 3 heterocycles. The number of amides is 2. The van der Waals surface area contributed by atoms with Crippen molar-refractivity contribution in [3.05, 3.63) is 28.3 Å². The molecule has 4 rings (SSSR count). The molecule has 0 spiro atoms. The van der Waals surface area contributed by atoms with Crippen molar-refractivity contribution in [3.63, 3.8) is 0 Å². The molecule has 0 radical (unpaired) electrons. The number of carbonyl (C=O) groups excluding carboxylic acids is 1. The van der Waals surface area contributed by atoms with Gasteiger partial charge in [-0.3, -0.25) is 5.10 Å². The van der Waals surface area contributed by atoms with Crippen LogP contribution in [0.1, 0.15) is 29.5 Å². The van der Waals surface area contributed by atoms with E-state index in [-0.39, 0.29) is 6.03 Å². The number of urea groups is 1. The third-order valence-electron chi connectivity index (χ3n) is 4.59. The lowest BCUT2D eigenvalue weighted by Gasteiger charge is -2.34. The molecule has 1 aliphatic carbocycles. The van der Waals surface area contributed by atoms with E-state index in [1.54, 1.807) is 17.5 Å². The van der Waals surface area contributed by atoms with E-state index in [2.05, 4.69) is 31.5 Å². The highest BCUT2D eigenvalue weighted by atomic mass is 32.1. The number of rotatable bonds is 5. The summed E-state index contributed by atoms with van der Waals surface area (Å²) < 4.78 is 0. The summed E-state index contributed by atoms with van der Waals surface area (Å²) in [5.74, 6) is 1.71. The molecule has 2 N–H and O–H groups in total. The minimum Gasteiger partial charge on any atom is -0.352 e. The Kier molecular flexibility index (Phi) is 4.38. The molecule has 7 nitrogen and oxygen atoms in total. The smallest absolute Gasteiger partial charge is 0.317 e. The first-order valence-electron chi connectivity index (χ1n) is 8.51. The molecule has 1 saturated heterocycles. The van der Waals surface area contributed by atoms with E-state index < -0.39 is 0 Å². The van der Waals surface area contributed by atoms with E-state index in [0.717, 1.165) is 43.4 Å². The van der Waals surface area contributed by atoms with Crippen molar-refractivity contribution in [1.29, 1.82) is 0 Å². The third kappa shape index (κ3) is 3.53. The van der Waals surface area contributed by atoms with Gasteiger partial charge in [0.2, 0.25) is 0 Å². The van der Waals surface area contributed by atoms with Crippen LogP contribution in [0.4, 0.5) is 10.6 Å². The van der Waals surface area contributed by atoms with E-state index in [0.29, 0.717) is 12.5 Å². The fraction of sp³-hybridized carbons (Fsp3) is 0.562. The molecule has 8 heteroatoms. The van der Waals surface area contributed by atoms with Crippen LogP contribution in [-0.2, 0) is 6.42 Å². The Labute approximate surface area is 145 Å². The number of anilines is 1. The number of piperazine rings is 1. The lowest BCUT2D eigenvalue weighted by molar-refractivity contribution is 0.194. The minimum absolute atomic E-state index is 0.0203. The summed E-state index contributed by atoms with van der Waals surface area (Å²) in [6.07, 6.45) is 5.14. The summed E-state index contributed by atoms with van der Waals surface area (Å²) in [7, 11) is 0. The first-order chi connectivity index (χ1) is 11.8. The quantitative estimate of drug-likeness (QED) is 0.866. The van der Waals surface area contributed by atoms with E-state index in [1.165, 1.54) is 18.5 Å². The topological polar surface area (TPSA) is 77.2 Å². The highest BCUT2D eigenvalue weighted by Gasteiger charge is 2.27. The maximum atomic E-state index is 12.2. The van der Waals surface area contributed by atoms with Crippen LogP contribution in [0.15, 0.2) is 17.6 Å². The number of H-pyrrole nitrogens is 1. The SMILES string of the molecule is O=C(NCCc1nccs1)N1CCN(c2cc(C3CC3)[nH]n2)CC1. The van der Waals surface area contributed by atoms with Crippen LogP contribution < -0.4 is 10.2 Å². The fourth-order valence-electron chi connectivity index (χ4n) is 2.99. The molecule has 2 aromatic heterocycles. The molecule has 2 fully saturated rings. The Morgan fingerprint density at radius 1 is 1.33 bits per heavy atom. The van der Waals surface area contributed by atoms with Gasteiger partial charge in [0.25, 0.3) is 0 Å². The summed E-state index contributed by atoms with van der Waals surface area (Å²) in [5.41, 5.74) is 1.26. The van der Waals surface area contributed by atoms with Crippen LogP contribution in [0.25, 0.3) is 0 Å². The second kappa shape index (κ2) is 6.80. The first-order valence-corrected chi connectivity index (χ1v) is 9.39. The van der Waals surface area contributed by atoms with E-state index >= 15 is 0 Å². The molecule has 2 aromatic rings. The van der Waals surface area contributed by atoms with E-state index in [9.17, 15) is 4.79 Å². The van der Waals surface area contributed by atoms with E-state index in [4.69, 9.17) is 0 Å². The number of nitrogens with zero attached hydrogens (tertiary/aromatic N) is 4. The van der Waals surface area contributed by atoms with Crippen LogP contribution in [0.3, 0.4) is 0 Å². The van der Waals surface area contributed by atoms with Gasteiger partial charge in [-0.05, 0) is 12.8 Å². The van der Waals surface area contributed by atoms with Gasteiger partial charge >= 0.3 is 6.03 Å². The average molecular weight is 346 g/mol. The molecule has 128 valence electrons. The lowest BCUT2D eigenvalue weighted by atomic mass is 10.2. The van der Waals surface area contributed by atoms with Gasteiger partial charge in [-0.15, -0.1) is 11.3 Å². The molecule has 2 aliphatic rings. The predicted molar refractivity (Wildman–Crippen MR) is 93.6 cm³/mol. The van der Waals surface area contributed by atoms with Crippen molar-refractivity contribution in [1.82, 2.24) is 25.4 Å². The Bertz CT molecular complexity index is 673. The molecule has 24 heavy (non-hydrogen) atoms. The maximum absolute atomic E-state index is 12.2. The van der Waals surface area contributed by atoms with Crippen LogP contribution >= 0.6 is 11.3 Å². The van der Waals surface area contributed by atoms with Crippen molar-refractivity contribution in [3.8, 4) is 0 Å². The van der Waals surface area contributed by atoms with Gasteiger partial charge in [-0.1, -0.05) is 0 Å². The molecule has 0 bridgehead atoms. The average Bonchev–Trinajstić information content (AvgIpc) is 3.12. The van der Waals surface area contributed by atoms with Crippen LogP contribution in [0, 0.1) is 0 Å². The second-order valence-corrected chi connectivity index (χ2v) is 7.32. The Morgan fingerprint density at radius 2 is 2.17 bits per heavy atom. The first kappa shape index (κ1) is 15.4. The molecule has 0 atom stereocenters. The zero-order valence-corrected chi connectivity index (χ0v) is 14.4. The molecule has 1 aliphatic heterocycles. The predicted octanol–water partition coefficient (Wildman–Crippen LogP) is 1.82. The zero-order chi connectivity index (χ0) is 16.4. The molecular formula is C16H22N6OS. The number of hydrogen-bond donors (Lipinski definition) is 2. The number of aromatic nitrogens is 3. The Balaban J connectivity index is 1.22. The lowest BCUT2D eigenvalue weighted by Crippen LogP contribution is -2.52. The Morgan fingerprint density at radius 3 is 2.88 bits per heavy atom. The largest absolute Gasteiger partial charge is 0.352 e.